The number of carbonyl (C=O) groups excluding carboxylic acids is 1. The predicted molar refractivity (Wildman–Crippen MR) is 69.4 cm³/mol. The number of hydrogen-bond acceptors (Lipinski definition) is 3. The number of nitrogens with one attached hydrogen (secondary N) is 2. The maximum atomic E-state index is 13.5. The smallest absolute Gasteiger partial charge is 0.335 e. The van der Waals surface area contributed by atoms with E-state index < -0.39 is 17.8 Å². The van der Waals surface area contributed by atoms with Gasteiger partial charge >= 0.3 is 12.0 Å². The first kappa shape index (κ1) is 14.3. The number of rotatable bonds is 3. The molecule has 3 N–H and O–H groups in total. The van der Waals surface area contributed by atoms with Crippen molar-refractivity contribution in [3.05, 3.63) is 29.6 Å². The van der Waals surface area contributed by atoms with Crippen molar-refractivity contribution in [2.24, 2.45) is 0 Å². The van der Waals surface area contributed by atoms with Crippen LogP contribution in [-0.2, 0) is 4.74 Å². The summed E-state index contributed by atoms with van der Waals surface area (Å²) >= 11 is 0. The van der Waals surface area contributed by atoms with Gasteiger partial charge in [-0.2, -0.15) is 0 Å². The van der Waals surface area contributed by atoms with E-state index in [4.69, 9.17) is 9.84 Å². The van der Waals surface area contributed by atoms with E-state index in [-0.39, 0.29) is 17.3 Å². The molecule has 7 heteroatoms. The van der Waals surface area contributed by atoms with Gasteiger partial charge in [0, 0.05) is 6.61 Å². The van der Waals surface area contributed by atoms with Crippen LogP contribution in [0.4, 0.5) is 14.9 Å². The van der Waals surface area contributed by atoms with E-state index in [1.54, 1.807) is 0 Å². The lowest BCUT2D eigenvalue weighted by Crippen LogP contribution is -2.42. The molecule has 1 aromatic carbocycles. The zero-order chi connectivity index (χ0) is 14.5. The highest BCUT2D eigenvalue weighted by molar-refractivity contribution is 5.93. The summed E-state index contributed by atoms with van der Waals surface area (Å²) in [5, 5.41) is 13.8. The minimum absolute atomic E-state index is 0.0947. The van der Waals surface area contributed by atoms with Gasteiger partial charge in [0.1, 0.15) is 5.82 Å². The molecule has 1 fully saturated rings. The highest BCUT2D eigenvalue weighted by Gasteiger charge is 2.17. The number of hydrogen-bond donors (Lipinski definition) is 3. The second kappa shape index (κ2) is 6.33. The molecule has 6 nitrogen and oxygen atoms in total. The monoisotopic (exact) mass is 282 g/mol. The van der Waals surface area contributed by atoms with Gasteiger partial charge in [-0.1, -0.05) is 0 Å². The van der Waals surface area contributed by atoms with Gasteiger partial charge in [0.25, 0.3) is 0 Å². The van der Waals surface area contributed by atoms with E-state index in [0.717, 1.165) is 31.0 Å². The van der Waals surface area contributed by atoms with Crippen LogP contribution in [0, 0.1) is 5.82 Å². The van der Waals surface area contributed by atoms with Crippen LogP contribution in [0.1, 0.15) is 23.2 Å². The molecule has 1 aliphatic rings. The van der Waals surface area contributed by atoms with Crippen LogP contribution in [0.3, 0.4) is 0 Å². The van der Waals surface area contributed by atoms with Gasteiger partial charge in [0.2, 0.25) is 0 Å². The van der Waals surface area contributed by atoms with Crippen LogP contribution in [0.2, 0.25) is 0 Å². The van der Waals surface area contributed by atoms with Crippen LogP contribution in [0.25, 0.3) is 0 Å². The van der Waals surface area contributed by atoms with Crippen molar-refractivity contribution in [1.29, 1.82) is 0 Å². The van der Waals surface area contributed by atoms with E-state index in [1.165, 1.54) is 0 Å². The number of carbonyl (C=O) groups is 2. The summed E-state index contributed by atoms with van der Waals surface area (Å²) < 4.78 is 18.7. The Balaban J connectivity index is 1.99. The van der Waals surface area contributed by atoms with Crippen molar-refractivity contribution in [3.8, 4) is 0 Å². The molecular formula is C13H15FN2O4. The van der Waals surface area contributed by atoms with Crippen molar-refractivity contribution in [2.45, 2.75) is 18.9 Å². The summed E-state index contributed by atoms with van der Waals surface area (Å²) in [6, 6.07) is 2.52. The average molecular weight is 282 g/mol. The lowest BCUT2D eigenvalue weighted by Gasteiger charge is -2.23. The summed E-state index contributed by atoms with van der Waals surface area (Å²) in [5.41, 5.74) is -0.262. The third kappa shape index (κ3) is 3.67. The molecule has 1 saturated heterocycles. The largest absolute Gasteiger partial charge is 0.478 e. The SMILES string of the molecule is O=C(Nc1cc(C(=O)O)ccc1F)NC1CCCOC1. The summed E-state index contributed by atoms with van der Waals surface area (Å²) in [6.45, 7) is 1.10. The summed E-state index contributed by atoms with van der Waals surface area (Å²) in [6.07, 6.45) is 1.65. The summed E-state index contributed by atoms with van der Waals surface area (Å²) in [5.74, 6) is -1.88. The molecule has 0 saturated carbocycles. The fraction of sp³-hybridized carbons (Fsp3) is 0.385. The molecule has 0 bridgehead atoms. The van der Waals surface area contributed by atoms with Crippen molar-refractivity contribution in [3.63, 3.8) is 0 Å². The Hall–Kier alpha value is -2.15. The quantitative estimate of drug-likeness (QED) is 0.789. The van der Waals surface area contributed by atoms with Crippen LogP contribution < -0.4 is 10.6 Å². The van der Waals surface area contributed by atoms with E-state index >= 15 is 0 Å². The zero-order valence-electron chi connectivity index (χ0n) is 10.7. The van der Waals surface area contributed by atoms with E-state index in [0.29, 0.717) is 13.2 Å². The first-order chi connectivity index (χ1) is 9.56. The van der Waals surface area contributed by atoms with Crippen molar-refractivity contribution >= 4 is 17.7 Å². The molecule has 0 aliphatic carbocycles. The van der Waals surface area contributed by atoms with Crippen LogP contribution in [0.15, 0.2) is 18.2 Å². The predicted octanol–water partition coefficient (Wildman–Crippen LogP) is 1.82. The number of aromatic carboxylic acids is 1. The van der Waals surface area contributed by atoms with E-state index in [1.807, 2.05) is 0 Å². The molecule has 1 aliphatic heterocycles. The first-order valence-corrected chi connectivity index (χ1v) is 6.24. The minimum atomic E-state index is -1.19. The van der Waals surface area contributed by atoms with Gasteiger partial charge in [-0.25, -0.2) is 14.0 Å². The van der Waals surface area contributed by atoms with E-state index in [2.05, 4.69) is 10.6 Å². The van der Waals surface area contributed by atoms with Gasteiger partial charge < -0.3 is 20.5 Å². The molecule has 1 heterocycles. The molecule has 0 radical (unpaired) electrons. The normalized spacial score (nSPS) is 18.4. The lowest BCUT2D eigenvalue weighted by molar-refractivity contribution is 0.0697. The molecule has 1 atom stereocenters. The zero-order valence-corrected chi connectivity index (χ0v) is 10.7. The molecule has 0 aromatic heterocycles. The molecular weight excluding hydrogens is 267 g/mol. The van der Waals surface area contributed by atoms with Crippen LogP contribution >= 0.6 is 0 Å². The van der Waals surface area contributed by atoms with Gasteiger partial charge in [-0.15, -0.1) is 0 Å². The Morgan fingerprint density at radius 2 is 2.20 bits per heavy atom. The number of halogens is 1. The maximum Gasteiger partial charge on any atom is 0.335 e. The highest BCUT2D eigenvalue weighted by atomic mass is 19.1. The molecule has 2 amide bonds. The lowest BCUT2D eigenvalue weighted by atomic mass is 10.1. The second-order valence-electron chi connectivity index (χ2n) is 4.51. The first-order valence-electron chi connectivity index (χ1n) is 6.24. The average Bonchev–Trinajstić information content (AvgIpc) is 2.42. The molecule has 0 spiro atoms. The van der Waals surface area contributed by atoms with Crippen LogP contribution in [-0.4, -0.2) is 36.4 Å². The standard InChI is InChI=1S/C13H15FN2O4/c14-10-4-3-8(12(17)18)6-11(10)16-13(19)15-9-2-1-5-20-7-9/h3-4,6,9H,1-2,5,7H2,(H,17,18)(H2,15,16,19). The number of urea groups is 1. The fourth-order valence-corrected chi connectivity index (χ4v) is 1.95. The minimum Gasteiger partial charge on any atom is -0.478 e. The molecule has 1 unspecified atom stereocenters. The number of carboxylic acids is 1. The number of ether oxygens (including phenoxy) is 1. The number of benzene rings is 1. The molecule has 1 aromatic rings. The fourth-order valence-electron chi connectivity index (χ4n) is 1.95. The van der Waals surface area contributed by atoms with Gasteiger partial charge in [0.05, 0.1) is 23.9 Å². The maximum absolute atomic E-state index is 13.5. The van der Waals surface area contributed by atoms with Crippen molar-refractivity contribution < 1.29 is 23.8 Å². The van der Waals surface area contributed by atoms with Gasteiger partial charge in [-0.05, 0) is 31.0 Å². The molecule has 108 valence electrons. The number of amides is 2. The molecule has 2 rings (SSSR count). The molecule has 20 heavy (non-hydrogen) atoms. The topological polar surface area (TPSA) is 87.7 Å². The Kier molecular flexibility index (Phi) is 4.52. The third-order valence-electron chi connectivity index (χ3n) is 2.96. The Morgan fingerprint density at radius 1 is 1.40 bits per heavy atom. The van der Waals surface area contributed by atoms with Crippen molar-refractivity contribution in [1.82, 2.24) is 5.32 Å². The Bertz CT molecular complexity index is 515. The highest BCUT2D eigenvalue weighted by Crippen LogP contribution is 2.16. The number of anilines is 1. The summed E-state index contributed by atoms with van der Waals surface area (Å²) in [4.78, 5) is 22.5. The second-order valence-corrected chi connectivity index (χ2v) is 4.51. The van der Waals surface area contributed by atoms with E-state index in [9.17, 15) is 14.0 Å². The van der Waals surface area contributed by atoms with Gasteiger partial charge in [0.15, 0.2) is 0 Å². The Morgan fingerprint density at radius 3 is 2.85 bits per heavy atom. The number of carboxylic acid groups (broad SMARTS) is 1. The Labute approximate surface area is 114 Å². The van der Waals surface area contributed by atoms with Crippen molar-refractivity contribution in [2.75, 3.05) is 18.5 Å². The van der Waals surface area contributed by atoms with Gasteiger partial charge in [-0.3, -0.25) is 0 Å². The van der Waals surface area contributed by atoms with Crippen LogP contribution in [0.5, 0.6) is 0 Å². The third-order valence-corrected chi connectivity index (χ3v) is 2.96. The summed E-state index contributed by atoms with van der Waals surface area (Å²) in [7, 11) is 0.